The molecule has 4 aromatic carbocycles. The minimum Gasteiger partial charge on any atom is -0.355 e. The van der Waals surface area contributed by atoms with Gasteiger partial charge in [-0.05, 0) is 47.9 Å². The second kappa shape index (κ2) is 5.74. The van der Waals surface area contributed by atoms with Crippen LogP contribution in [0.1, 0.15) is 11.1 Å². The number of aryl methyl sites for hydroxylation is 1. The lowest BCUT2D eigenvalue weighted by Gasteiger charge is -2.04. The lowest BCUT2D eigenvalue weighted by molar-refractivity contribution is 1.01. The minimum absolute atomic E-state index is 0.935. The molecule has 1 N–H and O–H groups in total. The third-order valence-corrected chi connectivity index (χ3v) is 5.96. The lowest BCUT2D eigenvalue weighted by Crippen LogP contribution is -1.90. The summed E-state index contributed by atoms with van der Waals surface area (Å²) in [6.45, 7) is 0. The van der Waals surface area contributed by atoms with Crippen LogP contribution in [-0.4, -0.2) is 9.55 Å². The number of fused-ring (bicyclic) bond motifs is 6. The zero-order valence-electron chi connectivity index (χ0n) is 15.7. The van der Waals surface area contributed by atoms with E-state index in [1.165, 1.54) is 54.7 Å². The molecular formula is C26H20N2. The van der Waals surface area contributed by atoms with Crippen LogP contribution >= 0.6 is 0 Å². The van der Waals surface area contributed by atoms with E-state index in [4.69, 9.17) is 0 Å². The van der Waals surface area contributed by atoms with Crippen molar-refractivity contribution in [1.29, 1.82) is 0 Å². The summed E-state index contributed by atoms with van der Waals surface area (Å²) in [4.78, 5) is 3.56. The van der Waals surface area contributed by atoms with Crippen molar-refractivity contribution in [2.24, 2.45) is 7.05 Å². The number of benzene rings is 4. The molecule has 2 aromatic heterocycles. The van der Waals surface area contributed by atoms with E-state index >= 15 is 0 Å². The topological polar surface area (TPSA) is 20.7 Å². The maximum absolute atomic E-state index is 3.56. The quantitative estimate of drug-likeness (QED) is 0.361. The third kappa shape index (κ3) is 2.21. The Labute approximate surface area is 163 Å². The molecule has 2 heterocycles. The number of aromatic amines is 1. The van der Waals surface area contributed by atoms with E-state index in [0.29, 0.717) is 0 Å². The fourth-order valence-electron chi connectivity index (χ4n) is 4.57. The van der Waals surface area contributed by atoms with Gasteiger partial charge in [-0.15, -0.1) is 0 Å². The van der Waals surface area contributed by atoms with E-state index in [-0.39, 0.29) is 0 Å². The maximum Gasteiger partial charge on any atom is 0.0488 e. The van der Waals surface area contributed by atoms with Crippen LogP contribution in [0.5, 0.6) is 0 Å². The van der Waals surface area contributed by atoms with E-state index in [1.54, 1.807) is 0 Å². The van der Waals surface area contributed by atoms with Crippen molar-refractivity contribution in [3.63, 3.8) is 0 Å². The van der Waals surface area contributed by atoms with Crippen molar-refractivity contribution in [2.45, 2.75) is 6.42 Å². The van der Waals surface area contributed by atoms with Gasteiger partial charge in [-0.25, -0.2) is 0 Å². The van der Waals surface area contributed by atoms with Crippen LogP contribution in [0.15, 0.2) is 84.9 Å². The van der Waals surface area contributed by atoms with E-state index in [1.807, 2.05) is 0 Å². The van der Waals surface area contributed by atoms with Crippen molar-refractivity contribution in [1.82, 2.24) is 9.55 Å². The van der Waals surface area contributed by atoms with Crippen molar-refractivity contribution >= 4 is 43.6 Å². The molecule has 0 aliphatic carbocycles. The molecule has 6 aromatic rings. The molecule has 0 saturated carbocycles. The first-order valence-corrected chi connectivity index (χ1v) is 9.73. The van der Waals surface area contributed by atoms with Gasteiger partial charge >= 0.3 is 0 Å². The van der Waals surface area contributed by atoms with Crippen LogP contribution < -0.4 is 0 Å². The Kier molecular flexibility index (Phi) is 3.18. The average Bonchev–Trinajstić information content (AvgIpc) is 3.23. The zero-order valence-corrected chi connectivity index (χ0v) is 15.7. The van der Waals surface area contributed by atoms with Gasteiger partial charge in [0, 0.05) is 50.7 Å². The van der Waals surface area contributed by atoms with Gasteiger partial charge in [-0.2, -0.15) is 0 Å². The predicted octanol–water partition coefficient (Wildman–Crippen LogP) is 6.56. The number of para-hydroxylation sites is 2. The van der Waals surface area contributed by atoms with Crippen LogP contribution in [0.2, 0.25) is 0 Å². The van der Waals surface area contributed by atoms with Crippen LogP contribution in [0, 0.1) is 0 Å². The van der Waals surface area contributed by atoms with Gasteiger partial charge in [0.15, 0.2) is 0 Å². The summed E-state index contributed by atoms with van der Waals surface area (Å²) >= 11 is 0. The molecule has 134 valence electrons. The average molecular weight is 360 g/mol. The Bertz CT molecular complexity index is 1500. The molecule has 0 unspecified atom stereocenters. The highest BCUT2D eigenvalue weighted by molar-refractivity contribution is 6.08. The smallest absolute Gasteiger partial charge is 0.0488 e. The first kappa shape index (κ1) is 15.5. The van der Waals surface area contributed by atoms with Crippen molar-refractivity contribution < 1.29 is 0 Å². The second-order valence-corrected chi connectivity index (χ2v) is 7.65. The molecule has 0 saturated heterocycles. The fourth-order valence-corrected chi connectivity index (χ4v) is 4.57. The van der Waals surface area contributed by atoms with Gasteiger partial charge in [-0.3, -0.25) is 0 Å². The second-order valence-electron chi connectivity index (χ2n) is 7.65. The van der Waals surface area contributed by atoms with Gasteiger partial charge in [0.25, 0.3) is 0 Å². The Balaban J connectivity index is 1.45. The Morgan fingerprint density at radius 2 is 1.29 bits per heavy atom. The standard InChI is InChI=1S/C26H20N2/c1-28-25-9-5-3-7-21(25)22-15-17(11-13-26(22)28)14-18-10-12-20-19-6-2-4-8-23(19)27-24(20)16-18/h2-13,15-16,27H,14H2,1H3. The molecular weight excluding hydrogens is 340 g/mol. The van der Waals surface area contributed by atoms with Crippen molar-refractivity contribution in [2.75, 3.05) is 0 Å². The summed E-state index contributed by atoms with van der Waals surface area (Å²) in [7, 11) is 2.15. The highest BCUT2D eigenvalue weighted by Crippen LogP contribution is 2.30. The van der Waals surface area contributed by atoms with Crippen LogP contribution in [0.3, 0.4) is 0 Å². The number of hydrogen-bond donors (Lipinski definition) is 1. The number of nitrogens with zero attached hydrogens (tertiary/aromatic N) is 1. The molecule has 2 heteroatoms. The predicted molar refractivity (Wildman–Crippen MR) is 119 cm³/mol. The van der Waals surface area contributed by atoms with Gasteiger partial charge < -0.3 is 9.55 Å². The normalized spacial score (nSPS) is 11.9. The summed E-state index contributed by atoms with van der Waals surface area (Å²) < 4.78 is 2.28. The van der Waals surface area contributed by atoms with Crippen molar-refractivity contribution in [3.8, 4) is 0 Å². The fraction of sp³-hybridized carbons (Fsp3) is 0.0769. The number of hydrogen-bond acceptors (Lipinski definition) is 0. The molecule has 0 amide bonds. The van der Waals surface area contributed by atoms with Crippen LogP contribution in [0.25, 0.3) is 43.6 Å². The van der Waals surface area contributed by atoms with Gasteiger partial charge in [0.1, 0.15) is 0 Å². The van der Waals surface area contributed by atoms with Gasteiger partial charge in [-0.1, -0.05) is 54.6 Å². The summed E-state index contributed by atoms with van der Waals surface area (Å²) in [5.74, 6) is 0. The summed E-state index contributed by atoms with van der Waals surface area (Å²) in [6, 6.07) is 30.8. The number of H-pyrrole nitrogens is 1. The monoisotopic (exact) mass is 360 g/mol. The largest absolute Gasteiger partial charge is 0.355 e. The van der Waals surface area contributed by atoms with E-state index < -0.39 is 0 Å². The summed E-state index contributed by atoms with van der Waals surface area (Å²) in [5, 5.41) is 5.25. The third-order valence-electron chi connectivity index (χ3n) is 5.96. The molecule has 0 bridgehead atoms. The molecule has 0 aliphatic rings. The van der Waals surface area contributed by atoms with Crippen molar-refractivity contribution in [3.05, 3.63) is 96.1 Å². The molecule has 0 spiro atoms. The van der Waals surface area contributed by atoms with E-state index in [0.717, 1.165) is 6.42 Å². The minimum atomic E-state index is 0.935. The number of aromatic nitrogens is 2. The molecule has 0 atom stereocenters. The molecule has 0 radical (unpaired) electrons. The van der Waals surface area contributed by atoms with E-state index in [2.05, 4.69) is 102 Å². The zero-order chi connectivity index (χ0) is 18.7. The van der Waals surface area contributed by atoms with Gasteiger partial charge in [0.2, 0.25) is 0 Å². The molecule has 6 rings (SSSR count). The molecule has 28 heavy (non-hydrogen) atoms. The van der Waals surface area contributed by atoms with Crippen LogP contribution in [0.4, 0.5) is 0 Å². The van der Waals surface area contributed by atoms with E-state index in [9.17, 15) is 0 Å². The molecule has 0 fully saturated rings. The highest BCUT2D eigenvalue weighted by atomic mass is 14.9. The lowest BCUT2D eigenvalue weighted by atomic mass is 10.0. The van der Waals surface area contributed by atoms with Crippen LogP contribution in [-0.2, 0) is 13.5 Å². The Morgan fingerprint density at radius 3 is 2.21 bits per heavy atom. The Morgan fingerprint density at radius 1 is 0.607 bits per heavy atom. The maximum atomic E-state index is 3.56. The SMILES string of the molecule is Cn1c2ccccc2c2cc(Cc3ccc4c(c3)[nH]c3ccccc34)ccc21. The summed E-state index contributed by atoms with van der Waals surface area (Å²) in [5.41, 5.74) is 7.67. The molecule has 2 nitrogen and oxygen atoms in total. The first-order chi connectivity index (χ1) is 13.8. The Hall–Kier alpha value is -3.52. The van der Waals surface area contributed by atoms with Gasteiger partial charge in [0.05, 0.1) is 0 Å². The number of nitrogens with one attached hydrogen (secondary N) is 1. The number of rotatable bonds is 2. The highest BCUT2D eigenvalue weighted by Gasteiger charge is 2.09. The molecule has 0 aliphatic heterocycles. The summed E-state index contributed by atoms with van der Waals surface area (Å²) in [6.07, 6.45) is 0.935. The first-order valence-electron chi connectivity index (χ1n) is 9.73.